The van der Waals surface area contributed by atoms with E-state index >= 15 is 4.39 Å². The van der Waals surface area contributed by atoms with Crippen LogP contribution in [0, 0.1) is 5.82 Å². The predicted molar refractivity (Wildman–Crippen MR) is 154 cm³/mol. The van der Waals surface area contributed by atoms with E-state index in [0.29, 0.717) is 29.0 Å². The van der Waals surface area contributed by atoms with Crippen molar-refractivity contribution in [3.05, 3.63) is 54.5 Å². The zero-order valence-electron chi connectivity index (χ0n) is 22.9. The van der Waals surface area contributed by atoms with Gasteiger partial charge in [-0.25, -0.2) is 4.39 Å². The molecule has 7 rings (SSSR count). The Bertz CT molecular complexity index is 1510. The minimum atomic E-state index is -0.435. The number of likely N-dealkylation sites (tertiary alicyclic amines) is 1. The Morgan fingerprint density at radius 1 is 0.950 bits per heavy atom. The maximum absolute atomic E-state index is 16.5. The molecule has 3 saturated heterocycles. The van der Waals surface area contributed by atoms with E-state index in [1.54, 1.807) is 13.3 Å². The SMILES string of the molecule is COCCN1CCC(Oc2nc(N3CC4CCC(C3)N4)c3cnc(-c4cccc5ccccc45)c(F)c3n2)CC1. The van der Waals surface area contributed by atoms with E-state index in [4.69, 9.17) is 14.5 Å². The summed E-state index contributed by atoms with van der Waals surface area (Å²) in [5.41, 5.74) is 1.32. The maximum Gasteiger partial charge on any atom is 0.319 e. The molecule has 40 heavy (non-hydrogen) atoms. The van der Waals surface area contributed by atoms with E-state index in [2.05, 4.69) is 25.1 Å². The van der Waals surface area contributed by atoms with Gasteiger partial charge >= 0.3 is 6.01 Å². The Kier molecular flexibility index (Phi) is 6.95. The molecule has 9 heteroatoms. The number of aromatic nitrogens is 3. The smallest absolute Gasteiger partial charge is 0.319 e. The first kappa shape index (κ1) is 25.6. The summed E-state index contributed by atoms with van der Waals surface area (Å²) in [5.74, 6) is 0.279. The number of anilines is 1. The molecule has 4 aromatic rings. The summed E-state index contributed by atoms with van der Waals surface area (Å²) in [6, 6.07) is 15.0. The van der Waals surface area contributed by atoms with Crippen molar-refractivity contribution in [3.63, 3.8) is 0 Å². The molecular weight excluding hydrogens is 507 g/mol. The number of ether oxygens (including phenoxy) is 2. The van der Waals surface area contributed by atoms with Crippen molar-refractivity contribution in [1.82, 2.24) is 25.2 Å². The molecule has 3 fully saturated rings. The number of piperidine rings is 1. The largest absolute Gasteiger partial charge is 0.460 e. The quantitative estimate of drug-likeness (QED) is 0.368. The second-order valence-corrected chi connectivity index (χ2v) is 11.2. The van der Waals surface area contributed by atoms with Crippen molar-refractivity contribution in [2.45, 2.75) is 43.9 Å². The van der Waals surface area contributed by atoms with Gasteiger partial charge in [0.25, 0.3) is 0 Å². The highest BCUT2D eigenvalue weighted by Gasteiger charge is 2.34. The maximum atomic E-state index is 16.5. The third-order valence-corrected chi connectivity index (χ3v) is 8.62. The molecule has 0 spiro atoms. The zero-order valence-corrected chi connectivity index (χ0v) is 22.9. The summed E-state index contributed by atoms with van der Waals surface area (Å²) in [6.07, 6.45) is 5.77. The van der Waals surface area contributed by atoms with E-state index in [9.17, 15) is 0 Å². The fourth-order valence-electron chi connectivity index (χ4n) is 6.53. The molecule has 1 N–H and O–H groups in total. The van der Waals surface area contributed by atoms with Crippen LogP contribution in [0.3, 0.4) is 0 Å². The highest BCUT2D eigenvalue weighted by molar-refractivity contribution is 5.99. The molecule has 0 radical (unpaired) electrons. The highest BCUT2D eigenvalue weighted by Crippen LogP contribution is 2.36. The van der Waals surface area contributed by atoms with Crippen molar-refractivity contribution in [2.75, 3.05) is 51.3 Å². The number of rotatable bonds is 7. The Morgan fingerprint density at radius 2 is 1.73 bits per heavy atom. The van der Waals surface area contributed by atoms with Gasteiger partial charge in [0, 0.05) is 63.7 Å². The number of benzene rings is 2. The molecule has 0 aliphatic carbocycles. The summed E-state index contributed by atoms with van der Waals surface area (Å²) in [4.78, 5) is 18.9. The minimum absolute atomic E-state index is 0.00858. The molecule has 2 bridgehead atoms. The molecule has 8 nitrogen and oxygen atoms in total. The number of hydrogen-bond acceptors (Lipinski definition) is 8. The normalized spacial score (nSPS) is 21.9. The molecule has 2 aromatic heterocycles. The lowest BCUT2D eigenvalue weighted by Crippen LogP contribution is -2.51. The Morgan fingerprint density at radius 3 is 2.52 bits per heavy atom. The predicted octanol–water partition coefficient (Wildman–Crippen LogP) is 4.41. The van der Waals surface area contributed by atoms with Crippen LogP contribution in [0.4, 0.5) is 10.2 Å². The van der Waals surface area contributed by atoms with Crippen LogP contribution in [0.15, 0.2) is 48.7 Å². The van der Waals surface area contributed by atoms with E-state index in [1.165, 1.54) is 0 Å². The fourth-order valence-corrected chi connectivity index (χ4v) is 6.53. The van der Waals surface area contributed by atoms with Gasteiger partial charge in [-0.3, -0.25) is 4.98 Å². The summed E-state index contributed by atoms with van der Waals surface area (Å²) < 4.78 is 28.1. The summed E-state index contributed by atoms with van der Waals surface area (Å²) in [6.45, 7) is 5.15. The van der Waals surface area contributed by atoms with Crippen LogP contribution >= 0.6 is 0 Å². The van der Waals surface area contributed by atoms with Gasteiger partial charge in [0.1, 0.15) is 23.1 Å². The molecule has 2 atom stereocenters. The van der Waals surface area contributed by atoms with Crippen LogP contribution in [0.5, 0.6) is 6.01 Å². The van der Waals surface area contributed by atoms with Crippen LogP contribution in [0.1, 0.15) is 25.7 Å². The summed E-state index contributed by atoms with van der Waals surface area (Å²) in [5, 5.41) is 6.31. The van der Waals surface area contributed by atoms with Gasteiger partial charge in [0.05, 0.1) is 12.0 Å². The lowest BCUT2D eigenvalue weighted by atomic mass is 10.0. The highest BCUT2D eigenvalue weighted by atomic mass is 19.1. The van der Waals surface area contributed by atoms with E-state index < -0.39 is 5.82 Å². The molecule has 208 valence electrons. The molecule has 2 unspecified atom stereocenters. The third kappa shape index (κ3) is 4.87. The van der Waals surface area contributed by atoms with Crippen molar-refractivity contribution in [1.29, 1.82) is 0 Å². The first-order valence-electron chi connectivity index (χ1n) is 14.4. The van der Waals surface area contributed by atoms with Gasteiger partial charge in [0.15, 0.2) is 5.82 Å². The number of fused-ring (bicyclic) bond motifs is 4. The molecule has 3 aliphatic rings. The van der Waals surface area contributed by atoms with Crippen LogP contribution in [0.25, 0.3) is 32.9 Å². The van der Waals surface area contributed by atoms with Crippen LogP contribution in [-0.4, -0.2) is 84.5 Å². The molecule has 2 aromatic carbocycles. The molecule has 3 aliphatic heterocycles. The number of methoxy groups -OCH3 is 1. The molecule has 0 saturated carbocycles. The number of piperazine rings is 1. The Hall–Kier alpha value is -3.40. The Balaban J connectivity index is 1.27. The number of nitrogens with one attached hydrogen (secondary N) is 1. The second kappa shape index (κ2) is 10.9. The zero-order chi connectivity index (χ0) is 27.1. The minimum Gasteiger partial charge on any atom is -0.460 e. The molecular formula is C31H35FN6O2. The van der Waals surface area contributed by atoms with Crippen molar-refractivity contribution in [2.24, 2.45) is 0 Å². The van der Waals surface area contributed by atoms with E-state index in [1.807, 2.05) is 42.5 Å². The first-order chi connectivity index (χ1) is 19.7. The van der Waals surface area contributed by atoms with Gasteiger partial charge in [-0.1, -0.05) is 42.5 Å². The van der Waals surface area contributed by atoms with Gasteiger partial charge in [-0.05, 0) is 36.5 Å². The van der Waals surface area contributed by atoms with Crippen molar-refractivity contribution >= 4 is 27.5 Å². The monoisotopic (exact) mass is 542 g/mol. The van der Waals surface area contributed by atoms with Crippen LogP contribution < -0.4 is 15.0 Å². The van der Waals surface area contributed by atoms with Gasteiger partial charge in [-0.15, -0.1) is 0 Å². The Labute approximate surface area is 233 Å². The van der Waals surface area contributed by atoms with Gasteiger partial charge in [-0.2, -0.15) is 9.97 Å². The van der Waals surface area contributed by atoms with Gasteiger partial charge in [0.2, 0.25) is 0 Å². The number of nitrogens with zero attached hydrogens (tertiary/aromatic N) is 5. The van der Waals surface area contributed by atoms with Crippen molar-refractivity contribution < 1.29 is 13.9 Å². The average Bonchev–Trinajstić information content (AvgIpc) is 3.33. The van der Waals surface area contributed by atoms with E-state index in [-0.39, 0.29) is 17.6 Å². The summed E-state index contributed by atoms with van der Waals surface area (Å²) >= 11 is 0. The fraction of sp³-hybridized carbons (Fsp3) is 0.452. The summed E-state index contributed by atoms with van der Waals surface area (Å²) in [7, 11) is 1.73. The molecule has 5 heterocycles. The number of pyridine rings is 1. The average molecular weight is 543 g/mol. The first-order valence-corrected chi connectivity index (χ1v) is 14.4. The third-order valence-electron chi connectivity index (χ3n) is 8.62. The lowest BCUT2D eigenvalue weighted by molar-refractivity contribution is 0.0748. The standard InChI is InChI=1S/C31H35FN6O2/c1-39-16-15-37-13-11-23(12-14-37)40-31-35-29-26(30(36-31)38-18-21-9-10-22(19-38)34-21)17-33-28(27(29)32)25-8-4-6-20-5-2-3-7-24(20)25/h2-8,17,21-23,34H,9-16,18-19H2,1H3. The van der Waals surface area contributed by atoms with Crippen LogP contribution in [0.2, 0.25) is 0 Å². The lowest BCUT2D eigenvalue weighted by Gasteiger charge is -2.34. The van der Waals surface area contributed by atoms with Crippen molar-refractivity contribution in [3.8, 4) is 17.3 Å². The van der Waals surface area contributed by atoms with E-state index in [0.717, 1.165) is 81.3 Å². The topological polar surface area (TPSA) is 75.6 Å². The molecule has 0 amide bonds. The number of halogens is 1. The van der Waals surface area contributed by atoms with Crippen LogP contribution in [-0.2, 0) is 4.74 Å². The number of hydrogen-bond donors (Lipinski definition) is 1. The van der Waals surface area contributed by atoms with Gasteiger partial charge < -0.3 is 24.6 Å². The second-order valence-electron chi connectivity index (χ2n) is 11.2.